The van der Waals surface area contributed by atoms with Crippen LogP contribution in [0, 0.1) is 0 Å². The summed E-state index contributed by atoms with van der Waals surface area (Å²) in [6.07, 6.45) is 1.12. The van der Waals surface area contributed by atoms with E-state index in [0.717, 1.165) is 11.4 Å². The van der Waals surface area contributed by atoms with Gasteiger partial charge >= 0.3 is 0 Å². The Morgan fingerprint density at radius 1 is 1.05 bits per heavy atom. The summed E-state index contributed by atoms with van der Waals surface area (Å²) in [5.74, 6) is 0. The van der Waals surface area contributed by atoms with Gasteiger partial charge in [-0.15, -0.1) is 11.3 Å². The van der Waals surface area contributed by atoms with Gasteiger partial charge in [-0.05, 0) is 50.1 Å². The number of benzene rings is 1. The van der Waals surface area contributed by atoms with Gasteiger partial charge in [0, 0.05) is 26.9 Å². The van der Waals surface area contributed by atoms with Crippen LogP contribution in [0.5, 0.6) is 0 Å². The van der Waals surface area contributed by atoms with Gasteiger partial charge in [-0.3, -0.25) is 0 Å². The topological polar surface area (TPSA) is 12.0 Å². The molecule has 0 amide bonds. The van der Waals surface area contributed by atoms with Crippen molar-refractivity contribution in [3.05, 3.63) is 56.7 Å². The van der Waals surface area contributed by atoms with E-state index in [9.17, 15) is 0 Å². The molecule has 19 heavy (non-hydrogen) atoms. The van der Waals surface area contributed by atoms with Crippen LogP contribution in [0.1, 0.15) is 48.2 Å². The van der Waals surface area contributed by atoms with E-state index < -0.39 is 0 Å². The lowest BCUT2D eigenvalue weighted by Crippen LogP contribution is -2.21. The molecule has 2 aromatic rings. The van der Waals surface area contributed by atoms with Crippen LogP contribution in [0.2, 0.25) is 5.02 Å². The Labute approximate surface area is 124 Å². The van der Waals surface area contributed by atoms with Gasteiger partial charge in [0.05, 0.1) is 0 Å². The molecule has 102 valence electrons. The molecule has 0 aliphatic rings. The zero-order valence-corrected chi connectivity index (χ0v) is 13.2. The molecular formula is C16H20ClNS. The number of thiophene rings is 1. The average Bonchev–Trinajstić information content (AvgIpc) is 2.88. The number of nitrogens with one attached hydrogen (secondary N) is 1. The first kappa shape index (κ1) is 14.6. The van der Waals surface area contributed by atoms with Gasteiger partial charge in [-0.2, -0.15) is 0 Å². The average molecular weight is 294 g/mol. The Kier molecular flexibility index (Phi) is 5.03. The number of aryl methyl sites for hydroxylation is 1. The predicted octanol–water partition coefficient (Wildman–Crippen LogP) is 5.38. The summed E-state index contributed by atoms with van der Waals surface area (Å²) in [6, 6.07) is 13.2. The highest BCUT2D eigenvalue weighted by molar-refractivity contribution is 7.12. The largest absolute Gasteiger partial charge is 0.303 e. The predicted molar refractivity (Wildman–Crippen MR) is 85.1 cm³/mol. The second-order valence-electron chi connectivity index (χ2n) is 4.82. The molecule has 0 bridgehead atoms. The fraction of sp³-hybridized carbons (Fsp3) is 0.375. The van der Waals surface area contributed by atoms with E-state index in [2.05, 4.69) is 50.4 Å². The molecule has 2 atom stereocenters. The molecule has 1 aromatic carbocycles. The van der Waals surface area contributed by atoms with Crippen LogP contribution in [0.25, 0.3) is 0 Å². The maximum atomic E-state index is 5.92. The van der Waals surface area contributed by atoms with Gasteiger partial charge < -0.3 is 5.32 Å². The summed E-state index contributed by atoms with van der Waals surface area (Å²) in [4.78, 5) is 2.85. The molecule has 0 aliphatic heterocycles. The van der Waals surface area contributed by atoms with E-state index in [4.69, 9.17) is 11.6 Å². The smallest absolute Gasteiger partial charge is 0.0406 e. The molecule has 1 unspecified atom stereocenters. The fourth-order valence-electron chi connectivity index (χ4n) is 2.12. The Bertz CT molecular complexity index is 518. The lowest BCUT2D eigenvalue weighted by Gasteiger charge is -2.19. The van der Waals surface area contributed by atoms with Crippen molar-refractivity contribution in [1.29, 1.82) is 0 Å². The molecule has 1 heterocycles. The molecule has 0 saturated carbocycles. The van der Waals surface area contributed by atoms with Crippen molar-refractivity contribution in [2.75, 3.05) is 0 Å². The van der Waals surface area contributed by atoms with Crippen molar-refractivity contribution in [3.63, 3.8) is 0 Å². The third-order valence-corrected chi connectivity index (χ3v) is 4.99. The minimum atomic E-state index is 0.319. The van der Waals surface area contributed by atoms with Crippen LogP contribution in [0.15, 0.2) is 36.4 Å². The summed E-state index contributed by atoms with van der Waals surface area (Å²) in [5.41, 5.74) is 1.27. The lowest BCUT2D eigenvalue weighted by atomic mass is 10.1. The van der Waals surface area contributed by atoms with Crippen molar-refractivity contribution >= 4 is 22.9 Å². The second kappa shape index (κ2) is 6.56. The molecule has 0 radical (unpaired) electrons. The van der Waals surface area contributed by atoms with E-state index in [1.54, 1.807) is 0 Å². The van der Waals surface area contributed by atoms with Gasteiger partial charge in [0.25, 0.3) is 0 Å². The third-order valence-electron chi connectivity index (χ3n) is 3.33. The number of hydrogen-bond donors (Lipinski definition) is 1. The zero-order valence-electron chi connectivity index (χ0n) is 11.6. The lowest BCUT2D eigenvalue weighted by molar-refractivity contribution is 0.500. The number of rotatable bonds is 5. The van der Waals surface area contributed by atoms with Gasteiger partial charge in [-0.1, -0.05) is 30.7 Å². The van der Waals surface area contributed by atoms with Gasteiger partial charge in [-0.25, -0.2) is 0 Å². The van der Waals surface area contributed by atoms with Crippen LogP contribution in [-0.4, -0.2) is 0 Å². The Balaban J connectivity index is 2.01. The first-order valence-electron chi connectivity index (χ1n) is 6.70. The molecule has 0 saturated heterocycles. The fourth-order valence-corrected chi connectivity index (χ4v) is 3.21. The van der Waals surface area contributed by atoms with E-state index in [1.807, 2.05) is 23.5 Å². The van der Waals surface area contributed by atoms with Crippen LogP contribution in [0.4, 0.5) is 0 Å². The van der Waals surface area contributed by atoms with Crippen molar-refractivity contribution < 1.29 is 0 Å². The number of hydrogen-bond acceptors (Lipinski definition) is 2. The second-order valence-corrected chi connectivity index (χ2v) is 6.46. The van der Waals surface area contributed by atoms with E-state index >= 15 is 0 Å². The summed E-state index contributed by atoms with van der Waals surface area (Å²) < 4.78 is 0. The zero-order chi connectivity index (χ0) is 13.8. The van der Waals surface area contributed by atoms with E-state index in [-0.39, 0.29) is 0 Å². The van der Waals surface area contributed by atoms with Crippen LogP contribution >= 0.6 is 22.9 Å². The monoisotopic (exact) mass is 293 g/mol. The normalized spacial score (nSPS) is 14.3. The molecule has 2 rings (SSSR count). The van der Waals surface area contributed by atoms with Crippen LogP contribution in [-0.2, 0) is 6.42 Å². The van der Waals surface area contributed by atoms with Gasteiger partial charge in [0.2, 0.25) is 0 Å². The summed E-state index contributed by atoms with van der Waals surface area (Å²) in [6.45, 7) is 6.61. The highest BCUT2D eigenvalue weighted by atomic mass is 35.5. The minimum absolute atomic E-state index is 0.319. The Hall–Kier alpha value is -0.830. The third kappa shape index (κ3) is 3.82. The molecule has 0 aliphatic carbocycles. The molecule has 3 heteroatoms. The van der Waals surface area contributed by atoms with Crippen molar-refractivity contribution in [2.45, 2.75) is 39.3 Å². The summed E-state index contributed by atoms with van der Waals surface area (Å²) >= 11 is 7.81. The molecule has 0 fully saturated rings. The highest BCUT2D eigenvalue weighted by Crippen LogP contribution is 2.26. The molecule has 1 N–H and O–H groups in total. The maximum absolute atomic E-state index is 5.92. The Morgan fingerprint density at radius 2 is 1.74 bits per heavy atom. The van der Waals surface area contributed by atoms with Crippen LogP contribution in [0.3, 0.4) is 0 Å². The summed E-state index contributed by atoms with van der Waals surface area (Å²) in [5, 5.41) is 4.42. The number of halogens is 1. The molecular weight excluding hydrogens is 274 g/mol. The van der Waals surface area contributed by atoms with E-state index in [0.29, 0.717) is 12.1 Å². The van der Waals surface area contributed by atoms with Crippen molar-refractivity contribution in [2.24, 2.45) is 0 Å². The Morgan fingerprint density at radius 3 is 2.32 bits per heavy atom. The van der Waals surface area contributed by atoms with Gasteiger partial charge in [0.1, 0.15) is 0 Å². The molecule has 1 aromatic heterocycles. The minimum Gasteiger partial charge on any atom is -0.303 e. The first-order valence-corrected chi connectivity index (χ1v) is 7.89. The summed E-state index contributed by atoms with van der Waals surface area (Å²) in [7, 11) is 0. The maximum Gasteiger partial charge on any atom is 0.0406 e. The van der Waals surface area contributed by atoms with Crippen LogP contribution < -0.4 is 5.32 Å². The highest BCUT2D eigenvalue weighted by Gasteiger charge is 2.12. The first-order chi connectivity index (χ1) is 9.10. The molecule has 0 spiro atoms. The van der Waals surface area contributed by atoms with Gasteiger partial charge in [0.15, 0.2) is 0 Å². The van der Waals surface area contributed by atoms with E-state index in [1.165, 1.54) is 15.3 Å². The van der Waals surface area contributed by atoms with Crippen molar-refractivity contribution in [3.8, 4) is 0 Å². The molecule has 1 nitrogen and oxygen atoms in total. The SMILES string of the molecule is CCc1ccc(C(C)N[C@@H](C)c2ccc(Cl)cc2)s1. The van der Waals surface area contributed by atoms with Crippen molar-refractivity contribution in [1.82, 2.24) is 5.32 Å². The standard InChI is InChI=1S/C16H20ClNS/c1-4-15-9-10-16(19-15)12(3)18-11(2)13-5-7-14(17)8-6-13/h5-12,18H,4H2,1-3H3/t11-,12?/m0/s1. The quantitative estimate of drug-likeness (QED) is 0.781.